The fraction of sp³-hybridized carbons (Fsp3) is 0.667. The Morgan fingerprint density at radius 1 is 1.54 bits per heavy atom. The van der Waals surface area contributed by atoms with Crippen LogP contribution in [0.25, 0.3) is 0 Å². The first-order chi connectivity index (χ1) is 6.11. The van der Waals surface area contributed by atoms with E-state index in [4.69, 9.17) is 10.8 Å². The lowest BCUT2D eigenvalue weighted by Gasteiger charge is -2.08. The molecule has 0 fully saturated rings. The highest BCUT2D eigenvalue weighted by molar-refractivity contribution is 5.27. The Morgan fingerprint density at radius 2 is 2.15 bits per heavy atom. The molecule has 1 aromatic rings. The van der Waals surface area contributed by atoms with E-state index in [0.29, 0.717) is 0 Å². The molecule has 1 atom stereocenters. The Kier molecular flexibility index (Phi) is 3.06. The summed E-state index contributed by atoms with van der Waals surface area (Å²) in [4.78, 5) is 0. The SMILES string of the molecule is CCn1nc(C)c([C@H](N)CO)c1C. The van der Waals surface area contributed by atoms with Gasteiger partial charge in [-0.1, -0.05) is 0 Å². The summed E-state index contributed by atoms with van der Waals surface area (Å²) in [5, 5.41) is 13.3. The zero-order chi connectivity index (χ0) is 10.0. The van der Waals surface area contributed by atoms with Crippen molar-refractivity contribution in [3.8, 4) is 0 Å². The zero-order valence-electron chi connectivity index (χ0n) is 8.41. The van der Waals surface area contributed by atoms with Crippen LogP contribution in [-0.4, -0.2) is 21.5 Å². The summed E-state index contributed by atoms with van der Waals surface area (Å²) in [5.74, 6) is 0. The van der Waals surface area contributed by atoms with Crippen LogP contribution in [-0.2, 0) is 6.54 Å². The van der Waals surface area contributed by atoms with Crippen molar-refractivity contribution in [2.45, 2.75) is 33.4 Å². The van der Waals surface area contributed by atoms with Crippen LogP contribution < -0.4 is 5.73 Å². The molecule has 0 spiro atoms. The summed E-state index contributed by atoms with van der Waals surface area (Å²) in [6, 6.07) is -0.305. The van der Waals surface area contributed by atoms with E-state index >= 15 is 0 Å². The number of nitrogens with two attached hydrogens (primary N) is 1. The third-order valence-corrected chi connectivity index (χ3v) is 2.30. The van der Waals surface area contributed by atoms with Crippen molar-refractivity contribution >= 4 is 0 Å². The number of hydrogen-bond donors (Lipinski definition) is 2. The molecule has 0 saturated heterocycles. The smallest absolute Gasteiger partial charge is 0.0645 e. The van der Waals surface area contributed by atoms with Gasteiger partial charge in [-0.25, -0.2) is 0 Å². The molecule has 1 aromatic heterocycles. The second-order valence-electron chi connectivity index (χ2n) is 3.19. The van der Waals surface area contributed by atoms with Crippen LogP contribution in [0.5, 0.6) is 0 Å². The van der Waals surface area contributed by atoms with Gasteiger partial charge in [0, 0.05) is 17.8 Å². The van der Waals surface area contributed by atoms with Crippen LogP contribution in [0.2, 0.25) is 0 Å². The van der Waals surface area contributed by atoms with Crippen molar-refractivity contribution in [3.05, 3.63) is 17.0 Å². The van der Waals surface area contributed by atoms with Crippen LogP contribution in [0.15, 0.2) is 0 Å². The van der Waals surface area contributed by atoms with Gasteiger partial charge in [0.05, 0.1) is 18.3 Å². The lowest BCUT2D eigenvalue weighted by molar-refractivity contribution is 0.267. The summed E-state index contributed by atoms with van der Waals surface area (Å²) in [6.45, 7) is 6.74. The normalized spacial score (nSPS) is 13.3. The summed E-state index contributed by atoms with van der Waals surface area (Å²) in [6.07, 6.45) is 0. The van der Waals surface area contributed by atoms with Crippen molar-refractivity contribution in [1.29, 1.82) is 0 Å². The van der Waals surface area contributed by atoms with Gasteiger partial charge in [-0.15, -0.1) is 0 Å². The van der Waals surface area contributed by atoms with E-state index in [0.717, 1.165) is 23.5 Å². The summed E-state index contributed by atoms with van der Waals surface area (Å²) in [7, 11) is 0. The molecule has 0 aliphatic rings. The van der Waals surface area contributed by atoms with Crippen molar-refractivity contribution in [2.24, 2.45) is 5.73 Å². The molecular formula is C9H17N3O. The third-order valence-electron chi connectivity index (χ3n) is 2.30. The van der Waals surface area contributed by atoms with Gasteiger partial charge in [-0.3, -0.25) is 4.68 Å². The Hall–Kier alpha value is -0.870. The maximum absolute atomic E-state index is 8.96. The van der Waals surface area contributed by atoms with Gasteiger partial charge in [-0.2, -0.15) is 5.10 Å². The highest BCUT2D eigenvalue weighted by Gasteiger charge is 2.16. The van der Waals surface area contributed by atoms with E-state index in [2.05, 4.69) is 5.10 Å². The van der Waals surface area contributed by atoms with E-state index < -0.39 is 0 Å². The van der Waals surface area contributed by atoms with E-state index in [9.17, 15) is 0 Å². The second kappa shape index (κ2) is 3.89. The fourth-order valence-corrected chi connectivity index (χ4v) is 1.65. The lowest BCUT2D eigenvalue weighted by atomic mass is 10.1. The molecule has 0 amide bonds. The molecule has 74 valence electrons. The van der Waals surface area contributed by atoms with E-state index in [-0.39, 0.29) is 12.6 Å². The predicted molar refractivity (Wildman–Crippen MR) is 51.4 cm³/mol. The Bertz CT molecular complexity index is 293. The minimum Gasteiger partial charge on any atom is -0.394 e. The van der Waals surface area contributed by atoms with Crippen LogP contribution in [0.1, 0.15) is 29.9 Å². The Morgan fingerprint density at radius 3 is 2.54 bits per heavy atom. The first-order valence-electron chi connectivity index (χ1n) is 4.52. The number of aryl methyl sites for hydroxylation is 2. The maximum atomic E-state index is 8.96. The van der Waals surface area contributed by atoms with Crippen LogP contribution in [0, 0.1) is 13.8 Å². The van der Waals surface area contributed by atoms with Gasteiger partial charge >= 0.3 is 0 Å². The van der Waals surface area contributed by atoms with E-state index in [1.54, 1.807) is 0 Å². The van der Waals surface area contributed by atoms with Crippen LogP contribution >= 0.6 is 0 Å². The molecular weight excluding hydrogens is 166 g/mol. The number of hydrogen-bond acceptors (Lipinski definition) is 3. The molecule has 0 saturated carbocycles. The predicted octanol–water partition coefficient (Wildman–Crippen LogP) is 0.512. The molecule has 0 radical (unpaired) electrons. The standard InChI is InChI=1S/C9H17N3O/c1-4-12-7(3)9(6(2)11-12)8(10)5-13/h8,13H,4-5,10H2,1-3H3/t8-/m1/s1. The summed E-state index contributed by atoms with van der Waals surface area (Å²) in [5.41, 5.74) is 8.71. The minimum absolute atomic E-state index is 0.0307. The largest absolute Gasteiger partial charge is 0.394 e. The molecule has 0 aliphatic heterocycles. The molecule has 4 heteroatoms. The van der Waals surface area contributed by atoms with Gasteiger partial charge in [-0.05, 0) is 20.8 Å². The first kappa shape index (κ1) is 10.2. The number of aromatic nitrogens is 2. The lowest BCUT2D eigenvalue weighted by Crippen LogP contribution is -2.16. The summed E-state index contributed by atoms with van der Waals surface area (Å²) >= 11 is 0. The molecule has 0 bridgehead atoms. The van der Waals surface area contributed by atoms with E-state index in [1.165, 1.54) is 0 Å². The quantitative estimate of drug-likeness (QED) is 0.717. The molecule has 13 heavy (non-hydrogen) atoms. The van der Waals surface area contributed by atoms with Crippen LogP contribution in [0.4, 0.5) is 0 Å². The number of nitrogens with zero attached hydrogens (tertiary/aromatic N) is 2. The first-order valence-corrected chi connectivity index (χ1v) is 4.52. The maximum Gasteiger partial charge on any atom is 0.0645 e. The number of aliphatic hydroxyl groups is 1. The van der Waals surface area contributed by atoms with Crippen LogP contribution in [0.3, 0.4) is 0 Å². The molecule has 1 heterocycles. The van der Waals surface area contributed by atoms with Gasteiger partial charge < -0.3 is 10.8 Å². The molecule has 0 aliphatic carbocycles. The van der Waals surface area contributed by atoms with E-state index in [1.807, 2.05) is 25.5 Å². The topological polar surface area (TPSA) is 64.1 Å². The molecule has 0 aromatic carbocycles. The van der Waals surface area contributed by atoms with Gasteiger partial charge in [0.2, 0.25) is 0 Å². The number of aliphatic hydroxyl groups excluding tert-OH is 1. The Balaban J connectivity index is 3.12. The molecule has 0 unspecified atom stereocenters. The van der Waals surface area contributed by atoms with Gasteiger partial charge in [0.25, 0.3) is 0 Å². The van der Waals surface area contributed by atoms with Crippen molar-refractivity contribution < 1.29 is 5.11 Å². The zero-order valence-corrected chi connectivity index (χ0v) is 8.41. The average Bonchev–Trinajstić information content (AvgIpc) is 2.40. The van der Waals surface area contributed by atoms with Crippen molar-refractivity contribution in [3.63, 3.8) is 0 Å². The monoisotopic (exact) mass is 183 g/mol. The molecule has 1 rings (SSSR count). The van der Waals surface area contributed by atoms with Crippen molar-refractivity contribution in [2.75, 3.05) is 6.61 Å². The summed E-state index contributed by atoms with van der Waals surface area (Å²) < 4.78 is 1.90. The average molecular weight is 183 g/mol. The Labute approximate surface area is 78.4 Å². The molecule has 3 N–H and O–H groups in total. The highest BCUT2D eigenvalue weighted by Crippen LogP contribution is 2.19. The highest BCUT2D eigenvalue weighted by atomic mass is 16.3. The van der Waals surface area contributed by atoms with Gasteiger partial charge in [0.15, 0.2) is 0 Å². The number of rotatable bonds is 3. The van der Waals surface area contributed by atoms with Crippen molar-refractivity contribution in [1.82, 2.24) is 9.78 Å². The molecule has 4 nitrogen and oxygen atoms in total. The fourth-order valence-electron chi connectivity index (χ4n) is 1.65. The van der Waals surface area contributed by atoms with Gasteiger partial charge in [0.1, 0.15) is 0 Å². The minimum atomic E-state index is -0.305. The third kappa shape index (κ3) is 1.73. The second-order valence-corrected chi connectivity index (χ2v) is 3.19.